The first-order chi connectivity index (χ1) is 16.8. The minimum absolute atomic E-state index is 0.0268. The zero-order chi connectivity index (χ0) is 26.3. The highest BCUT2D eigenvalue weighted by Crippen LogP contribution is 2.39. The molecule has 0 aromatic carbocycles. The van der Waals surface area contributed by atoms with Crippen LogP contribution in [-0.4, -0.2) is 77.9 Å². The van der Waals surface area contributed by atoms with Gasteiger partial charge in [0.25, 0.3) is 5.91 Å². The van der Waals surface area contributed by atoms with Gasteiger partial charge in [-0.2, -0.15) is 0 Å². The summed E-state index contributed by atoms with van der Waals surface area (Å²) in [4.78, 5) is 41.3. The first kappa shape index (κ1) is 25.6. The van der Waals surface area contributed by atoms with Crippen molar-refractivity contribution in [1.82, 2.24) is 19.9 Å². The molecule has 2 aliphatic heterocycles. The minimum atomic E-state index is -3.44. The number of aryl methyl sites for hydroxylation is 1. The van der Waals surface area contributed by atoms with Gasteiger partial charge in [-0.3, -0.25) is 9.69 Å². The molecule has 0 aliphatic carbocycles. The Morgan fingerprint density at radius 1 is 1.19 bits per heavy atom. The van der Waals surface area contributed by atoms with Gasteiger partial charge in [-0.05, 0) is 52.7 Å². The van der Waals surface area contributed by atoms with Gasteiger partial charge in [0.05, 0.1) is 11.4 Å². The predicted molar refractivity (Wildman–Crippen MR) is 131 cm³/mol. The Balaban J connectivity index is 1.54. The number of ether oxygens (including phenoxy) is 2. The average molecular weight is 519 g/mol. The van der Waals surface area contributed by atoms with Crippen LogP contribution < -0.4 is 15.0 Å². The van der Waals surface area contributed by atoms with Crippen LogP contribution in [0.5, 0.6) is 5.75 Å². The number of likely N-dealkylation sites (tertiary alicyclic amines) is 1. The summed E-state index contributed by atoms with van der Waals surface area (Å²) in [6.45, 7) is 7.88. The third-order valence-corrected chi connectivity index (χ3v) is 6.78. The van der Waals surface area contributed by atoms with Crippen LogP contribution >= 0.6 is 0 Å². The van der Waals surface area contributed by atoms with Gasteiger partial charge in [-0.25, -0.2) is 28.2 Å². The number of piperidine rings is 1. The van der Waals surface area contributed by atoms with Gasteiger partial charge < -0.3 is 19.7 Å². The fourth-order valence-corrected chi connectivity index (χ4v) is 4.71. The molecule has 0 spiro atoms. The molecule has 4 heterocycles. The number of fused-ring (bicyclic) bond motifs is 1. The highest BCUT2D eigenvalue weighted by Gasteiger charge is 2.37. The number of anilines is 3. The summed E-state index contributed by atoms with van der Waals surface area (Å²) in [5.74, 6) is 0.773. The molecule has 1 N–H and O–H groups in total. The average Bonchev–Trinajstić information content (AvgIpc) is 2.79. The molecule has 0 saturated carbocycles. The van der Waals surface area contributed by atoms with Gasteiger partial charge in [-0.1, -0.05) is 0 Å². The van der Waals surface area contributed by atoms with Crippen molar-refractivity contribution in [1.29, 1.82) is 0 Å². The molecule has 4 rings (SSSR count). The van der Waals surface area contributed by atoms with Crippen LogP contribution in [0.1, 0.15) is 39.3 Å². The zero-order valence-corrected chi connectivity index (χ0v) is 21.8. The fourth-order valence-electron chi connectivity index (χ4n) is 4.09. The number of hydrogen-bond acceptors (Lipinski definition) is 10. The second-order valence-corrected chi connectivity index (χ2v) is 11.8. The molecule has 1 fully saturated rings. The van der Waals surface area contributed by atoms with Crippen LogP contribution in [-0.2, 0) is 19.4 Å². The molecular weight excluding hydrogens is 488 g/mol. The molecule has 13 heteroatoms. The van der Waals surface area contributed by atoms with Gasteiger partial charge in [0.2, 0.25) is 5.75 Å². The van der Waals surface area contributed by atoms with Crippen LogP contribution in [0.4, 0.5) is 22.1 Å². The predicted octanol–water partition coefficient (Wildman–Crippen LogP) is 2.45. The van der Waals surface area contributed by atoms with Crippen molar-refractivity contribution in [3.05, 3.63) is 24.2 Å². The molecule has 1 saturated heterocycles. The van der Waals surface area contributed by atoms with E-state index in [4.69, 9.17) is 9.47 Å². The second kappa shape index (κ2) is 9.52. The van der Waals surface area contributed by atoms with E-state index in [0.29, 0.717) is 54.7 Å². The van der Waals surface area contributed by atoms with Gasteiger partial charge in [0, 0.05) is 25.4 Å². The Morgan fingerprint density at radius 2 is 1.89 bits per heavy atom. The van der Waals surface area contributed by atoms with E-state index in [0.717, 1.165) is 6.26 Å². The smallest absolute Gasteiger partial charge is 0.410 e. The van der Waals surface area contributed by atoms with E-state index in [-0.39, 0.29) is 29.7 Å². The highest BCUT2D eigenvalue weighted by molar-refractivity contribution is 7.90. The number of rotatable bonds is 4. The number of amides is 2. The number of pyridine rings is 1. The summed E-state index contributed by atoms with van der Waals surface area (Å²) >= 11 is 0. The van der Waals surface area contributed by atoms with Crippen molar-refractivity contribution in [2.45, 2.75) is 57.2 Å². The Morgan fingerprint density at radius 3 is 2.50 bits per heavy atom. The van der Waals surface area contributed by atoms with Gasteiger partial charge in [-0.15, -0.1) is 0 Å². The van der Waals surface area contributed by atoms with E-state index in [2.05, 4.69) is 20.3 Å². The molecule has 0 radical (unpaired) electrons. The molecular formula is C23H30N6O6S. The second-order valence-electron chi connectivity index (χ2n) is 9.81. The quantitative estimate of drug-likeness (QED) is 0.641. The third kappa shape index (κ3) is 5.50. The number of carbonyl (C=O) groups excluding carboxylic acids is 2. The zero-order valence-electron chi connectivity index (χ0n) is 20.9. The summed E-state index contributed by atoms with van der Waals surface area (Å²) in [6, 6.07) is 2.85. The third-order valence-electron chi connectivity index (χ3n) is 5.80. The number of nitrogens with one attached hydrogen (secondary N) is 1. The number of aromatic nitrogens is 3. The number of nitrogens with zero attached hydrogens (tertiary/aromatic N) is 5. The first-order valence-electron chi connectivity index (χ1n) is 11.6. The van der Waals surface area contributed by atoms with Gasteiger partial charge >= 0.3 is 6.09 Å². The van der Waals surface area contributed by atoms with Crippen LogP contribution in [0.15, 0.2) is 23.5 Å². The molecule has 2 aromatic rings. The summed E-state index contributed by atoms with van der Waals surface area (Å²) in [6.07, 6.45) is 3.19. The Bertz CT molecular complexity index is 1280. The van der Waals surface area contributed by atoms with Crippen molar-refractivity contribution in [3.63, 3.8) is 0 Å². The molecule has 0 bridgehead atoms. The molecule has 36 heavy (non-hydrogen) atoms. The summed E-state index contributed by atoms with van der Waals surface area (Å²) in [5, 5.41) is 3.09. The topological polar surface area (TPSA) is 144 Å². The van der Waals surface area contributed by atoms with Gasteiger partial charge in [0.15, 0.2) is 33.1 Å². The first-order valence-corrected chi connectivity index (χ1v) is 13.4. The van der Waals surface area contributed by atoms with Crippen LogP contribution in [0.25, 0.3) is 0 Å². The molecule has 194 valence electrons. The minimum Gasteiger partial charge on any atom is -0.476 e. The Labute approximate surface area is 209 Å². The van der Waals surface area contributed by atoms with E-state index >= 15 is 0 Å². The molecule has 2 aromatic heterocycles. The molecule has 0 unspecified atom stereocenters. The standard InChI is InChI=1S/C23H30N6O6S/c1-14-16(6-7-17(26-14)36(5,32)33)27-20-19-21(25-13-24-20)29(18(30)12-34-19)15-8-10-28(11-9-15)22(31)35-23(2,3)4/h6-7,13,15H,8-12H2,1-5H3,(H,24,25,27). The maximum Gasteiger partial charge on any atom is 0.410 e. The van der Waals surface area contributed by atoms with Crippen molar-refractivity contribution >= 4 is 39.2 Å². The van der Waals surface area contributed by atoms with Crippen molar-refractivity contribution in [2.75, 3.05) is 36.2 Å². The fraction of sp³-hybridized carbons (Fsp3) is 0.522. The lowest BCUT2D eigenvalue weighted by atomic mass is 10.0. The van der Waals surface area contributed by atoms with Crippen LogP contribution in [0, 0.1) is 6.92 Å². The number of carbonyl (C=O) groups is 2. The SMILES string of the molecule is Cc1nc(S(C)(=O)=O)ccc1Nc1ncnc2c1OCC(=O)N2C1CCN(C(=O)OC(C)(C)C)CC1. The summed E-state index contributed by atoms with van der Waals surface area (Å²) in [5.41, 5.74) is 0.427. The van der Waals surface area contributed by atoms with E-state index in [1.165, 1.54) is 12.4 Å². The van der Waals surface area contributed by atoms with E-state index in [9.17, 15) is 18.0 Å². The molecule has 2 aliphatic rings. The maximum atomic E-state index is 12.9. The summed E-state index contributed by atoms with van der Waals surface area (Å²) in [7, 11) is -3.44. The van der Waals surface area contributed by atoms with Crippen LogP contribution in [0.2, 0.25) is 0 Å². The monoisotopic (exact) mass is 518 g/mol. The lowest BCUT2D eigenvalue weighted by molar-refractivity contribution is -0.122. The lowest BCUT2D eigenvalue weighted by Crippen LogP contribution is -2.52. The van der Waals surface area contributed by atoms with Gasteiger partial charge in [0.1, 0.15) is 11.9 Å². The molecule has 12 nitrogen and oxygen atoms in total. The van der Waals surface area contributed by atoms with Crippen LogP contribution in [0.3, 0.4) is 0 Å². The van der Waals surface area contributed by atoms with Crippen molar-refractivity contribution < 1.29 is 27.5 Å². The van der Waals surface area contributed by atoms with Crippen molar-refractivity contribution in [3.8, 4) is 5.75 Å². The normalized spacial score (nSPS) is 16.9. The Hall–Kier alpha value is -3.48. The van der Waals surface area contributed by atoms with Crippen molar-refractivity contribution in [2.24, 2.45) is 0 Å². The molecule has 0 atom stereocenters. The Kier molecular flexibility index (Phi) is 6.78. The van der Waals surface area contributed by atoms with E-state index < -0.39 is 15.4 Å². The number of sulfone groups is 1. The maximum absolute atomic E-state index is 12.9. The molecule has 2 amide bonds. The summed E-state index contributed by atoms with van der Waals surface area (Å²) < 4.78 is 34.8. The largest absolute Gasteiger partial charge is 0.476 e. The van der Waals surface area contributed by atoms with E-state index in [1.54, 1.807) is 22.8 Å². The van der Waals surface area contributed by atoms with E-state index in [1.807, 2.05) is 20.8 Å². The number of hydrogen-bond donors (Lipinski definition) is 1. The lowest BCUT2D eigenvalue weighted by Gasteiger charge is -2.40. The highest BCUT2D eigenvalue weighted by atomic mass is 32.2.